The number of nitrogens with zero attached hydrogens (tertiary/aromatic N) is 4. The number of aryl methyl sites for hydroxylation is 2. The normalized spacial score (nSPS) is 15.9. The topological polar surface area (TPSA) is 83.8 Å². The summed E-state index contributed by atoms with van der Waals surface area (Å²) in [6, 6.07) is 0.298. The monoisotopic (exact) mass is 364 g/mol. The van der Waals surface area contributed by atoms with Crippen LogP contribution < -0.4 is 10.6 Å². The molecule has 8 heteroatoms. The number of aliphatic imine (C=N–C) groups is 1. The van der Waals surface area contributed by atoms with E-state index in [2.05, 4.69) is 34.6 Å². The molecule has 1 fully saturated rings. The molecule has 0 bridgehead atoms. The Morgan fingerprint density at radius 2 is 2.00 bits per heavy atom. The molecule has 0 radical (unpaired) electrons. The molecule has 146 valence electrons. The highest BCUT2D eigenvalue weighted by molar-refractivity contribution is 5.80. The largest absolute Gasteiger partial charge is 0.453 e. The lowest BCUT2D eigenvalue weighted by Crippen LogP contribution is -2.49. The van der Waals surface area contributed by atoms with Crippen molar-refractivity contribution in [3.05, 3.63) is 17.0 Å². The van der Waals surface area contributed by atoms with Crippen molar-refractivity contribution in [1.82, 2.24) is 25.3 Å². The van der Waals surface area contributed by atoms with E-state index in [0.717, 1.165) is 37.3 Å². The Morgan fingerprint density at radius 3 is 2.54 bits per heavy atom. The average molecular weight is 364 g/mol. The number of rotatable bonds is 5. The number of hydrogen-bond donors (Lipinski definition) is 2. The van der Waals surface area contributed by atoms with Crippen LogP contribution in [-0.4, -0.2) is 60.0 Å². The molecule has 26 heavy (non-hydrogen) atoms. The lowest BCUT2D eigenvalue weighted by molar-refractivity contribution is 0.111. The van der Waals surface area contributed by atoms with Crippen molar-refractivity contribution in [1.29, 1.82) is 0 Å². The molecule has 0 aliphatic carbocycles. The van der Waals surface area contributed by atoms with Crippen LogP contribution in [0, 0.1) is 0 Å². The van der Waals surface area contributed by atoms with Gasteiger partial charge in [-0.05, 0) is 25.7 Å². The Balaban J connectivity index is 1.91. The molecule has 1 aromatic rings. The molecule has 1 saturated heterocycles. The number of carbonyl (C=O) groups excluding carboxylic acids is 1. The van der Waals surface area contributed by atoms with Gasteiger partial charge in [-0.2, -0.15) is 5.10 Å². The zero-order valence-electron chi connectivity index (χ0n) is 16.6. The third-order valence-corrected chi connectivity index (χ3v) is 4.95. The van der Waals surface area contributed by atoms with Crippen LogP contribution in [-0.2, 0) is 31.2 Å². The molecule has 2 N–H and O–H groups in total. The van der Waals surface area contributed by atoms with E-state index >= 15 is 0 Å². The molecule has 2 rings (SSSR count). The highest BCUT2D eigenvalue weighted by Gasteiger charge is 2.24. The first-order valence-electron chi connectivity index (χ1n) is 9.37. The Bertz CT molecular complexity index is 632. The van der Waals surface area contributed by atoms with Gasteiger partial charge in [-0.1, -0.05) is 13.8 Å². The second-order valence-electron chi connectivity index (χ2n) is 6.50. The molecule has 0 saturated carbocycles. The summed E-state index contributed by atoms with van der Waals surface area (Å²) < 4.78 is 6.76. The van der Waals surface area contributed by atoms with Gasteiger partial charge in [0.15, 0.2) is 5.96 Å². The molecular formula is C18H32N6O2. The number of carbonyl (C=O) groups is 1. The Hall–Kier alpha value is -2.25. The minimum atomic E-state index is -0.248. The van der Waals surface area contributed by atoms with Crippen molar-refractivity contribution in [3.63, 3.8) is 0 Å². The van der Waals surface area contributed by atoms with Crippen LogP contribution in [0.2, 0.25) is 0 Å². The summed E-state index contributed by atoms with van der Waals surface area (Å²) in [5.41, 5.74) is 3.66. The van der Waals surface area contributed by atoms with Crippen LogP contribution in [0.3, 0.4) is 0 Å². The summed E-state index contributed by atoms with van der Waals surface area (Å²) in [5.74, 6) is 0.787. The number of hydrogen-bond acceptors (Lipinski definition) is 4. The minimum absolute atomic E-state index is 0.248. The summed E-state index contributed by atoms with van der Waals surface area (Å²) in [7, 11) is 5.21. The van der Waals surface area contributed by atoms with Crippen molar-refractivity contribution >= 4 is 12.1 Å². The maximum Gasteiger partial charge on any atom is 0.409 e. The molecule has 0 aromatic carbocycles. The van der Waals surface area contributed by atoms with E-state index in [0.29, 0.717) is 25.7 Å². The summed E-state index contributed by atoms with van der Waals surface area (Å²) in [6.07, 6.45) is 3.38. The Kier molecular flexibility index (Phi) is 7.29. The van der Waals surface area contributed by atoms with Crippen LogP contribution in [0.15, 0.2) is 4.99 Å². The number of nitrogens with one attached hydrogen (secondary N) is 2. The first-order valence-corrected chi connectivity index (χ1v) is 9.37. The van der Waals surface area contributed by atoms with E-state index in [4.69, 9.17) is 4.74 Å². The van der Waals surface area contributed by atoms with Crippen molar-refractivity contribution in [2.24, 2.45) is 12.0 Å². The van der Waals surface area contributed by atoms with Crippen molar-refractivity contribution in [2.45, 2.75) is 52.1 Å². The van der Waals surface area contributed by atoms with E-state index in [1.54, 1.807) is 11.9 Å². The van der Waals surface area contributed by atoms with E-state index in [1.165, 1.54) is 18.4 Å². The van der Waals surface area contributed by atoms with Crippen LogP contribution in [0.25, 0.3) is 0 Å². The maximum atomic E-state index is 11.6. The molecule has 0 atom stereocenters. The van der Waals surface area contributed by atoms with Gasteiger partial charge in [0.1, 0.15) is 0 Å². The first-order chi connectivity index (χ1) is 12.5. The van der Waals surface area contributed by atoms with Gasteiger partial charge in [0, 0.05) is 51.0 Å². The summed E-state index contributed by atoms with van der Waals surface area (Å²) in [6.45, 7) is 6.39. The van der Waals surface area contributed by atoms with Crippen LogP contribution in [0.4, 0.5) is 4.79 Å². The van der Waals surface area contributed by atoms with E-state index < -0.39 is 0 Å². The molecule has 8 nitrogen and oxygen atoms in total. The predicted octanol–water partition coefficient (Wildman–Crippen LogP) is 1.44. The average Bonchev–Trinajstić information content (AvgIpc) is 2.99. The maximum absolute atomic E-state index is 11.6. The van der Waals surface area contributed by atoms with Gasteiger partial charge in [-0.25, -0.2) is 4.79 Å². The third kappa shape index (κ3) is 4.68. The van der Waals surface area contributed by atoms with Gasteiger partial charge in [0.2, 0.25) is 0 Å². The van der Waals surface area contributed by atoms with E-state index in [-0.39, 0.29) is 6.09 Å². The fraction of sp³-hybridized carbons (Fsp3) is 0.722. The lowest BCUT2D eigenvalue weighted by Gasteiger charge is -2.32. The first kappa shape index (κ1) is 20.1. The molecule has 1 amide bonds. The number of likely N-dealkylation sites (tertiary alicyclic amines) is 1. The van der Waals surface area contributed by atoms with E-state index in [1.807, 2.05) is 11.7 Å². The fourth-order valence-electron chi connectivity index (χ4n) is 3.49. The zero-order valence-corrected chi connectivity index (χ0v) is 16.6. The van der Waals surface area contributed by atoms with Crippen LogP contribution in [0.5, 0.6) is 0 Å². The minimum Gasteiger partial charge on any atom is -0.453 e. The summed E-state index contributed by atoms with van der Waals surface area (Å²) >= 11 is 0. The van der Waals surface area contributed by atoms with Gasteiger partial charge in [0.05, 0.1) is 12.8 Å². The molecule has 0 spiro atoms. The Morgan fingerprint density at radius 1 is 1.31 bits per heavy atom. The SMILES string of the molecule is CCc1nn(C)c(CC)c1CNC(=NC)NC1CCN(C(=O)OC)CC1. The van der Waals surface area contributed by atoms with Gasteiger partial charge in [0.25, 0.3) is 0 Å². The number of aromatic nitrogens is 2. The van der Waals surface area contributed by atoms with Crippen LogP contribution >= 0.6 is 0 Å². The number of guanidine groups is 1. The molecule has 2 heterocycles. The van der Waals surface area contributed by atoms with Crippen molar-refractivity contribution < 1.29 is 9.53 Å². The molecular weight excluding hydrogens is 332 g/mol. The molecule has 1 aliphatic rings. The zero-order chi connectivity index (χ0) is 19.1. The molecule has 1 aromatic heterocycles. The quantitative estimate of drug-likeness (QED) is 0.610. The standard InChI is InChI=1S/C18H32N6O2/c1-6-15-14(16(7-2)23(4)22-15)12-20-17(19-3)21-13-8-10-24(11-9-13)18(25)26-5/h13H,6-12H2,1-5H3,(H2,19,20,21). The number of piperidine rings is 1. The highest BCUT2D eigenvalue weighted by atomic mass is 16.5. The van der Waals surface area contributed by atoms with E-state index in [9.17, 15) is 4.79 Å². The van der Waals surface area contributed by atoms with Gasteiger partial charge < -0.3 is 20.3 Å². The van der Waals surface area contributed by atoms with Gasteiger partial charge in [-0.3, -0.25) is 9.67 Å². The second kappa shape index (κ2) is 9.45. The van der Waals surface area contributed by atoms with Gasteiger partial charge in [-0.15, -0.1) is 0 Å². The second-order valence-corrected chi connectivity index (χ2v) is 6.50. The molecule has 1 aliphatic heterocycles. The summed E-state index contributed by atoms with van der Waals surface area (Å²) in [4.78, 5) is 17.7. The van der Waals surface area contributed by atoms with Crippen molar-refractivity contribution in [3.8, 4) is 0 Å². The number of ether oxygens (including phenoxy) is 1. The van der Waals surface area contributed by atoms with Crippen LogP contribution in [0.1, 0.15) is 43.6 Å². The lowest BCUT2D eigenvalue weighted by atomic mass is 10.1. The Labute approximate surface area is 156 Å². The number of methoxy groups -OCH3 is 1. The third-order valence-electron chi connectivity index (χ3n) is 4.95. The fourth-order valence-corrected chi connectivity index (χ4v) is 3.49. The molecule has 0 unspecified atom stereocenters. The summed E-state index contributed by atoms with van der Waals surface area (Å²) in [5, 5.41) is 11.5. The smallest absolute Gasteiger partial charge is 0.409 e. The predicted molar refractivity (Wildman–Crippen MR) is 102 cm³/mol. The van der Waals surface area contributed by atoms with Gasteiger partial charge >= 0.3 is 6.09 Å². The highest BCUT2D eigenvalue weighted by Crippen LogP contribution is 2.15. The van der Waals surface area contributed by atoms with Crippen molar-refractivity contribution in [2.75, 3.05) is 27.2 Å². The number of amides is 1.